The van der Waals surface area contributed by atoms with Gasteiger partial charge in [-0.25, -0.2) is 4.98 Å². The van der Waals surface area contributed by atoms with E-state index in [2.05, 4.69) is 41.3 Å². The van der Waals surface area contributed by atoms with Gasteiger partial charge in [-0.1, -0.05) is 19.4 Å². The molecular formula is C14H23N3. The Hall–Kier alpha value is -1.09. The van der Waals surface area contributed by atoms with Crippen LogP contribution in [0.15, 0.2) is 18.3 Å². The molecule has 3 nitrogen and oxygen atoms in total. The van der Waals surface area contributed by atoms with Crippen LogP contribution in [0.25, 0.3) is 0 Å². The van der Waals surface area contributed by atoms with Gasteiger partial charge in [0.1, 0.15) is 5.82 Å². The van der Waals surface area contributed by atoms with E-state index in [0.717, 1.165) is 12.4 Å². The first kappa shape index (κ1) is 12.4. The number of unbranched alkanes of at least 4 members (excludes halogenated alkanes) is 1. The first-order chi connectivity index (χ1) is 8.31. The van der Waals surface area contributed by atoms with Gasteiger partial charge in [-0.2, -0.15) is 0 Å². The standard InChI is InChI=1S/C14H23N3/c1-3-4-9-15-14-8-7-12(11-16-14)13-6-5-10-17(13)2/h7-8,11,13H,3-6,9-10H2,1-2H3,(H,15,16)/t13-/m0/s1. The van der Waals surface area contributed by atoms with Crippen LogP contribution >= 0.6 is 0 Å². The molecule has 1 N–H and O–H groups in total. The fourth-order valence-corrected chi connectivity index (χ4v) is 2.43. The van der Waals surface area contributed by atoms with Crippen LogP contribution in [0.5, 0.6) is 0 Å². The van der Waals surface area contributed by atoms with Gasteiger partial charge in [0.05, 0.1) is 0 Å². The highest BCUT2D eigenvalue weighted by Crippen LogP contribution is 2.29. The molecule has 0 aromatic carbocycles. The molecule has 0 spiro atoms. The van der Waals surface area contributed by atoms with Gasteiger partial charge in [0.2, 0.25) is 0 Å². The molecule has 0 aliphatic carbocycles. The van der Waals surface area contributed by atoms with Crippen molar-refractivity contribution in [1.82, 2.24) is 9.88 Å². The average Bonchev–Trinajstić information content (AvgIpc) is 2.77. The number of anilines is 1. The van der Waals surface area contributed by atoms with E-state index in [-0.39, 0.29) is 0 Å². The van der Waals surface area contributed by atoms with Crippen LogP contribution in [-0.4, -0.2) is 30.0 Å². The van der Waals surface area contributed by atoms with Crippen LogP contribution in [0.1, 0.15) is 44.2 Å². The molecule has 1 saturated heterocycles. The van der Waals surface area contributed by atoms with Crippen LogP contribution in [0.3, 0.4) is 0 Å². The number of nitrogens with one attached hydrogen (secondary N) is 1. The van der Waals surface area contributed by atoms with Crippen LogP contribution < -0.4 is 5.32 Å². The van der Waals surface area contributed by atoms with E-state index in [1.165, 1.54) is 37.8 Å². The largest absolute Gasteiger partial charge is 0.370 e. The summed E-state index contributed by atoms with van der Waals surface area (Å²) in [5, 5.41) is 3.35. The lowest BCUT2D eigenvalue weighted by atomic mass is 10.1. The van der Waals surface area contributed by atoms with Gasteiger partial charge in [-0.05, 0) is 44.5 Å². The predicted molar refractivity (Wildman–Crippen MR) is 72.2 cm³/mol. The van der Waals surface area contributed by atoms with Crippen molar-refractivity contribution in [3.63, 3.8) is 0 Å². The van der Waals surface area contributed by atoms with Crippen molar-refractivity contribution in [3.8, 4) is 0 Å². The Kier molecular flexibility index (Phi) is 4.37. The van der Waals surface area contributed by atoms with Crippen LogP contribution in [0.2, 0.25) is 0 Å². The number of hydrogen-bond donors (Lipinski definition) is 1. The molecule has 0 unspecified atom stereocenters. The Bertz CT molecular complexity index is 334. The third-order valence-corrected chi connectivity index (χ3v) is 3.53. The molecule has 1 fully saturated rings. The molecule has 1 aliphatic rings. The van der Waals surface area contributed by atoms with Crippen molar-refractivity contribution in [1.29, 1.82) is 0 Å². The third kappa shape index (κ3) is 3.19. The number of likely N-dealkylation sites (tertiary alicyclic amines) is 1. The first-order valence-electron chi connectivity index (χ1n) is 6.71. The van der Waals surface area contributed by atoms with E-state index < -0.39 is 0 Å². The molecular weight excluding hydrogens is 210 g/mol. The van der Waals surface area contributed by atoms with Gasteiger partial charge in [-0.3, -0.25) is 4.90 Å². The van der Waals surface area contributed by atoms with Gasteiger partial charge in [0, 0.05) is 18.8 Å². The quantitative estimate of drug-likeness (QED) is 0.792. The number of aromatic nitrogens is 1. The van der Waals surface area contributed by atoms with Crippen molar-refractivity contribution in [2.45, 2.75) is 38.6 Å². The molecule has 1 aromatic heterocycles. The fraction of sp³-hybridized carbons (Fsp3) is 0.643. The normalized spacial score (nSPS) is 20.7. The van der Waals surface area contributed by atoms with Gasteiger partial charge < -0.3 is 5.32 Å². The summed E-state index contributed by atoms with van der Waals surface area (Å²) in [5.41, 5.74) is 1.35. The Balaban J connectivity index is 1.93. The minimum atomic E-state index is 0.576. The Morgan fingerprint density at radius 3 is 2.94 bits per heavy atom. The van der Waals surface area contributed by atoms with Gasteiger partial charge in [0.15, 0.2) is 0 Å². The van der Waals surface area contributed by atoms with E-state index in [1.807, 2.05) is 6.20 Å². The van der Waals surface area contributed by atoms with Gasteiger partial charge >= 0.3 is 0 Å². The highest BCUT2D eigenvalue weighted by molar-refractivity contribution is 5.36. The zero-order valence-corrected chi connectivity index (χ0v) is 10.9. The lowest BCUT2D eigenvalue weighted by molar-refractivity contribution is 0.317. The molecule has 1 aliphatic heterocycles. The first-order valence-corrected chi connectivity index (χ1v) is 6.71. The van der Waals surface area contributed by atoms with Gasteiger partial charge in [-0.15, -0.1) is 0 Å². The number of nitrogens with zero attached hydrogens (tertiary/aromatic N) is 2. The highest BCUT2D eigenvalue weighted by Gasteiger charge is 2.22. The summed E-state index contributed by atoms with van der Waals surface area (Å²) in [4.78, 5) is 6.91. The summed E-state index contributed by atoms with van der Waals surface area (Å²) in [6.45, 7) is 4.43. The smallest absolute Gasteiger partial charge is 0.125 e. The second kappa shape index (κ2) is 6.01. The number of hydrogen-bond acceptors (Lipinski definition) is 3. The molecule has 3 heteroatoms. The molecule has 0 bridgehead atoms. The van der Waals surface area contributed by atoms with Crippen LogP contribution in [-0.2, 0) is 0 Å². The summed E-state index contributed by atoms with van der Waals surface area (Å²) >= 11 is 0. The zero-order chi connectivity index (χ0) is 12.1. The maximum absolute atomic E-state index is 4.49. The summed E-state index contributed by atoms with van der Waals surface area (Å²) in [7, 11) is 2.20. The van der Waals surface area contributed by atoms with Crippen molar-refractivity contribution in [2.24, 2.45) is 0 Å². The molecule has 1 aromatic rings. The average molecular weight is 233 g/mol. The molecule has 0 saturated carbocycles. The maximum Gasteiger partial charge on any atom is 0.125 e. The highest BCUT2D eigenvalue weighted by atomic mass is 15.1. The number of rotatable bonds is 5. The van der Waals surface area contributed by atoms with E-state index >= 15 is 0 Å². The molecule has 1 atom stereocenters. The van der Waals surface area contributed by atoms with Crippen molar-refractivity contribution >= 4 is 5.82 Å². The molecule has 0 radical (unpaired) electrons. The minimum Gasteiger partial charge on any atom is -0.370 e. The molecule has 17 heavy (non-hydrogen) atoms. The van der Waals surface area contributed by atoms with E-state index in [0.29, 0.717) is 6.04 Å². The Morgan fingerprint density at radius 1 is 1.47 bits per heavy atom. The van der Waals surface area contributed by atoms with E-state index in [9.17, 15) is 0 Å². The Labute approximate surface area is 104 Å². The molecule has 94 valence electrons. The summed E-state index contributed by atoms with van der Waals surface area (Å²) in [5.74, 6) is 1.00. The van der Waals surface area contributed by atoms with E-state index in [4.69, 9.17) is 0 Å². The van der Waals surface area contributed by atoms with Crippen molar-refractivity contribution in [2.75, 3.05) is 25.5 Å². The van der Waals surface area contributed by atoms with E-state index in [1.54, 1.807) is 0 Å². The van der Waals surface area contributed by atoms with Gasteiger partial charge in [0.25, 0.3) is 0 Å². The maximum atomic E-state index is 4.49. The second-order valence-electron chi connectivity index (χ2n) is 4.90. The SMILES string of the molecule is CCCCNc1ccc([C@@H]2CCCN2C)cn1. The fourth-order valence-electron chi connectivity index (χ4n) is 2.43. The topological polar surface area (TPSA) is 28.2 Å². The zero-order valence-electron chi connectivity index (χ0n) is 10.9. The lowest BCUT2D eigenvalue weighted by Crippen LogP contribution is -2.17. The van der Waals surface area contributed by atoms with Crippen LogP contribution in [0.4, 0.5) is 5.82 Å². The summed E-state index contributed by atoms with van der Waals surface area (Å²) in [6.07, 6.45) is 7.02. The van der Waals surface area contributed by atoms with Crippen LogP contribution in [0, 0.1) is 0 Å². The lowest BCUT2D eigenvalue weighted by Gasteiger charge is -2.19. The summed E-state index contributed by atoms with van der Waals surface area (Å²) in [6, 6.07) is 4.90. The van der Waals surface area contributed by atoms with Crippen molar-refractivity contribution in [3.05, 3.63) is 23.9 Å². The monoisotopic (exact) mass is 233 g/mol. The second-order valence-corrected chi connectivity index (χ2v) is 4.90. The molecule has 2 rings (SSSR count). The molecule has 0 amide bonds. The Morgan fingerprint density at radius 2 is 2.35 bits per heavy atom. The summed E-state index contributed by atoms with van der Waals surface area (Å²) < 4.78 is 0. The predicted octanol–water partition coefficient (Wildman–Crippen LogP) is 3.06. The number of pyridine rings is 1. The minimum absolute atomic E-state index is 0.576. The third-order valence-electron chi connectivity index (χ3n) is 3.53. The van der Waals surface area contributed by atoms with Crippen molar-refractivity contribution < 1.29 is 0 Å². The molecule has 2 heterocycles.